The van der Waals surface area contributed by atoms with Crippen LogP contribution in [-0.4, -0.2) is 62.7 Å². The molecule has 0 bridgehead atoms. The van der Waals surface area contributed by atoms with Crippen LogP contribution in [-0.2, 0) is 16.0 Å². The third-order valence-corrected chi connectivity index (χ3v) is 7.00. The van der Waals surface area contributed by atoms with Gasteiger partial charge in [0.1, 0.15) is 11.5 Å². The van der Waals surface area contributed by atoms with Crippen LogP contribution in [0, 0.1) is 5.92 Å². The summed E-state index contributed by atoms with van der Waals surface area (Å²) in [5, 5.41) is 3.82. The summed E-state index contributed by atoms with van der Waals surface area (Å²) >= 11 is -0.130. The molecule has 7 nitrogen and oxygen atoms in total. The van der Waals surface area contributed by atoms with Gasteiger partial charge in [-0.3, -0.25) is 9.59 Å². The smallest absolute Gasteiger partial charge is 0.346 e. The normalized spacial score (nSPS) is 17.1. The zero-order chi connectivity index (χ0) is 24.6. The number of alkyl halides is 3. The van der Waals surface area contributed by atoms with E-state index in [-0.39, 0.29) is 62.3 Å². The molecule has 0 radical (unpaired) electrons. The minimum atomic E-state index is -4.31. The van der Waals surface area contributed by atoms with Gasteiger partial charge in [-0.2, -0.15) is 13.2 Å². The molecule has 2 aliphatic rings. The average Bonchev–Trinajstić information content (AvgIpc) is 3.56. The first-order chi connectivity index (χ1) is 16.7. The molecule has 3 aromatic rings. The molecule has 1 saturated carbocycles. The van der Waals surface area contributed by atoms with Crippen molar-refractivity contribution in [1.82, 2.24) is 19.2 Å². The van der Waals surface area contributed by atoms with Crippen molar-refractivity contribution >= 4 is 40.6 Å². The third-order valence-electron chi connectivity index (χ3n) is 6.17. The Bertz CT molecular complexity index is 1230. The molecule has 3 heterocycles. The highest BCUT2D eigenvalue weighted by Gasteiger charge is 2.34. The van der Waals surface area contributed by atoms with Gasteiger partial charge in [0.15, 0.2) is 0 Å². The number of rotatable bonds is 6. The topological polar surface area (TPSA) is 81.3 Å². The van der Waals surface area contributed by atoms with E-state index in [0.717, 1.165) is 34.9 Å². The first-order valence-electron chi connectivity index (χ1n) is 11.4. The Hall–Kier alpha value is -3.05. The van der Waals surface area contributed by atoms with Gasteiger partial charge in [0.2, 0.25) is 11.8 Å². The van der Waals surface area contributed by atoms with E-state index in [1.165, 1.54) is 4.31 Å². The minimum absolute atomic E-state index is 0.0129. The molecule has 1 aliphatic carbocycles. The number of nitrogens with zero attached hydrogens (tertiary/aromatic N) is 3. The van der Waals surface area contributed by atoms with Crippen molar-refractivity contribution in [2.75, 3.05) is 31.5 Å². The maximum atomic E-state index is 12.7. The van der Waals surface area contributed by atoms with Gasteiger partial charge in [-0.15, -0.1) is 0 Å². The van der Waals surface area contributed by atoms with Crippen molar-refractivity contribution in [2.24, 2.45) is 5.92 Å². The Morgan fingerprint density at radius 2 is 1.80 bits per heavy atom. The van der Waals surface area contributed by atoms with Crippen LogP contribution in [0.15, 0.2) is 42.6 Å². The van der Waals surface area contributed by atoms with Gasteiger partial charge in [-0.25, -0.2) is 9.29 Å². The van der Waals surface area contributed by atoms with E-state index in [2.05, 4.69) is 15.3 Å². The number of hydrogen-bond donors (Lipinski definition) is 2. The van der Waals surface area contributed by atoms with Gasteiger partial charge in [0.25, 0.3) is 0 Å². The highest BCUT2D eigenvalue weighted by Crippen LogP contribution is 2.34. The van der Waals surface area contributed by atoms with Gasteiger partial charge >= 0.3 is 5.51 Å². The predicted octanol–water partition coefficient (Wildman–Crippen LogP) is 4.43. The van der Waals surface area contributed by atoms with Crippen LogP contribution < -0.4 is 5.32 Å². The summed E-state index contributed by atoms with van der Waals surface area (Å²) < 4.78 is 38.9. The van der Waals surface area contributed by atoms with Gasteiger partial charge in [0, 0.05) is 55.6 Å². The number of halogens is 3. The van der Waals surface area contributed by atoms with Gasteiger partial charge in [-0.05, 0) is 41.7 Å². The molecule has 35 heavy (non-hydrogen) atoms. The number of aromatic nitrogens is 2. The van der Waals surface area contributed by atoms with E-state index in [1.807, 2.05) is 36.4 Å². The molecule has 2 amide bonds. The highest BCUT2D eigenvalue weighted by atomic mass is 32.2. The second-order valence-electron chi connectivity index (χ2n) is 8.78. The van der Waals surface area contributed by atoms with E-state index in [9.17, 15) is 22.8 Å². The van der Waals surface area contributed by atoms with Gasteiger partial charge in [-0.1, -0.05) is 24.3 Å². The van der Waals surface area contributed by atoms with Crippen LogP contribution in [0.2, 0.25) is 0 Å². The second kappa shape index (κ2) is 9.54. The summed E-state index contributed by atoms with van der Waals surface area (Å²) in [6.07, 6.45) is 3.80. The van der Waals surface area contributed by atoms with Crippen LogP contribution >= 0.6 is 11.9 Å². The van der Waals surface area contributed by atoms with Gasteiger partial charge < -0.3 is 15.2 Å². The quantitative estimate of drug-likeness (QED) is 0.487. The van der Waals surface area contributed by atoms with E-state index in [0.29, 0.717) is 11.5 Å². The Kier molecular flexibility index (Phi) is 6.45. The Labute approximate surface area is 204 Å². The van der Waals surface area contributed by atoms with Crippen molar-refractivity contribution in [2.45, 2.75) is 24.8 Å². The molecule has 1 aliphatic heterocycles. The van der Waals surface area contributed by atoms with Crippen LogP contribution in [0.3, 0.4) is 0 Å². The number of aromatic amines is 1. The highest BCUT2D eigenvalue weighted by molar-refractivity contribution is 7.97. The molecule has 0 atom stereocenters. The van der Waals surface area contributed by atoms with Crippen molar-refractivity contribution in [3.8, 4) is 11.1 Å². The second-order valence-corrected chi connectivity index (χ2v) is 9.94. The molecule has 184 valence electrons. The first kappa shape index (κ1) is 23.7. The summed E-state index contributed by atoms with van der Waals surface area (Å²) in [6, 6.07) is 11.4. The van der Waals surface area contributed by atoms with Crippen LogP contribution in [0.4, 0.5) is 19.0 Å². The molecule has 1 aromatic carbocycles. The summed E-state index contributed by atoms with van der Waals surface area (Å²) in [5.74, 6) is 0.453. The first-order valence-corrected chi connectivity index (χ1v) is 12.2. The van der Waals surface area contributed by atoms with Crippen molar-refractivity contribution < 1.29 is 22.8 Å². The van der Waals surface area contributed by atoms with E-state index in [4.69, 9.17) is 0 Å². The zero-order valence-electron chi connectivity index (χ0n) is 18.8. The van der Waals surface area contributed by atoms with E-state index in [1.54, 1.807) is 11.1 Å². The number of H-pyrrole nitrogens is 1. The fourth-order valence-electron chi connectivity index (χ4n) is 4.18. The number of amides is 2. The lowest BCUT2D eigenvalue weighted by Crippen LogP contribution is -2.47. The van der Waals surface area contributed by atoms with Gasteiger partial charge in [0.05, 0.1) is 6.42 Å². The Morgan fingerprint density at radius 1 is 1.09 bits per heavy atom. The number of pyridine rings is 1. The SMILES string of the molecule is O=C(Nc1cc(-c2ccc(CC(=O)N3CCN(SC(F)(F)F)CC3)cc2)c2cc[nH]c2n1)C1CC1. The molecule has 11 heteroatoms. The number of benzene rings is 1. The lowest BCUT2D eigenvalue weighted by Gasteiger charge is -2.34. The number of nitrogens with one attached hydrogen (secondary N) is 2. The van der Waals surface area contributed by atoms with E-state index < -0.39 is 5.51 Å². The third kappa shape index (κ3) is 5.79. The molecule has 2 aromatic heterocycles. The lowest BCUT2D eigenvalue weighted by molar-refractivity contribution is -0.131. The Balaban J connectivity index is 1.25. The number of anilines is 1. The molecule has 0 spiro atoms. The van der Waals surface area contributed by atoms with Crippen molar-refractivity contribution in [1.29, 1.82) is 0 Å². The van der Waals surface area contributed by atoms with Crippen LogP contribution in [0.5, 0.6) is 0 Å². The van der Waals surface area contributed by atoms with Crippen LogP contribution in [0.25, 0.3) is 22.2 Å². The minimum Gasteiger partial charge on any atom is -0.346 e. The fraction of sp³-hybridized carbons (Fsp3) is 0.375. The predicted molar refractivity (Wildman–Crippen MR) is 128 cm³/mol. The zero-order valence-corrected chi connectivity index (χ0v) is 19.6. The number of hydrogen-bond acceptors (Lipinski definition) is 5. The number of carbonyl (C=O) groups is 2. The molecule has 0 unspecified atom stereocenters. The molecule has 2 N–H and O–H groups in total. The summed E-state index contributed by atoms with van der Waals surface area (Å²) in [6.45, 7) is 0.919. The lowest BCUT2D eigenvalue weighted by atomic mass is 10.0. The van der Waals surface area contributed by atoms with Crippen molar-refractivity contribution in [3.05, 3.63) is 48.2 Å². The van der Waals surface area contributed by atoms with Crippen LogP contribution in [0.1, 0.15) is 18.4 Å². The summed E-state index contributed by atoms with van der Waals surface area (Å²) in [4.78, 5) is 34.1. The maximum Gasteiger partial charge on any atom is 0.456 e. The monoisotopic (exact) mass is 503 g/mol. The molecule has 2 fully saturated rings. The van der Waals surface area contributed by atoms with E-state index >= 15 is 0 Å². The fourth-order valence-corrected chi connectivity index (χ4v) is 4.82. The molecular weight excluding hydrogens is 479 g/mol. The molecule has 1 saturated heterocycles. The van der Waals surface area contributed by atoms with Crippen molar-refractivity contribution in [3.63, 3.8) is 0 Å². The number of carbonyl (C=O) groups excluding carboxylic acids is 2. The number of fused-ring (bicyclic) bond motifs is 1. The molecule has 5 rings (SSSR count). The summed E-state index contributed by atoms with van der Waals surface area (Å²) in [7, 11) is 0. The summed E-state index contributed by atoms with van der Waals surface area (Å²) in [5.41, 5.74) is -0.965. The number of piperazine rings is 1. The molecular formula is C24H24F3N5O2S. The standard InChI is InChI=1S/C24H24F3N5O2S/c25-24(26,27)35-32-11-9-31(10-12-32)21(33)13-15-1-3-16(4-2-15)19-14-20(30-23(34)17-5-6-17)29-22-18(19)7-8-28-22/h1-4,7-8,14,17H,5-6,9-13H2,(H2,28,29,30,34). The largest absolute Gasteiger partial charge is 0.456 e. The Morgan fingerprint density at radius 3 is 2.46 bits per heavy atom. The maximum absolute atomic E-state index is 12.7. The average molecular weight is 504 g/mol.